The maximum atomic E-state index is 13.7. The van der Waals surface area contributed by atoms with E-state index in [4.69, 9.17) is 4.74 Å². The van der Waals surface area contributed by atoms with Gasteiger partial charge in [0.05, 0.1) is 24.6 Å². The van der Waals surface area contributed by atoms with Crippen LogP contribution in [0.2, 0.25) is 0 Å². The summed E-state index contributed by atoms with van der Waals surface area (Å²) < 4.78 is 5.55. The van der Waals surface area contributed by atoms with Crippen LogP contribution in [0, 0.1) is 23.7 Å². The number of aliphatic hydroxyl groups excluding tert-OH is 2. The third kappa shape index (κ3) is 14.0. The number of nitrogens with one attached hydrogen (secondary N) is 5. The van der Waals surface area contributed by atoms with Gasteiger partial charge in [-0.2, -0.15) is 0 Å². The third-order valence-electron chi connectivity index (χ3n) is 8.26. The SMILES string of the molecule is CC[C@H](C)[C@H](NC(=O)[C@@H](C[C@H](O)[C@H](CC(C)C)NC(=O)[C@H](Cc1cnc[nH]1)NC(=O)COc1ccccc1)C(C)C)C(=O)NCC(C)O. The fraction of sp³-hybridized carbons (Fsp3) is 0.629. The second kappa shape index (κ2) is 20.4. The van der Waals surface area contributed by atoms with Crippen molar-refractivity contribution < 1.29 is 34.1 Å². The Morgan fingerprint density at radius 1 is 0.896 bits per heavy atom. The molecule has 1 heterocycles. The summed E-state index contributed by atoms with van der Waals surface area (Å²) in [5.74, 6) is -2.18. The first-order chi connectivity index (χ1) is 22.7. The maximum absolute atomic E-state index is 13.7. The number of H-pyrrole nitrogens is 1. The molecule has 1 unspecified atom stereocenters. The highest BCUT2D eigenvalue weighted by Crippen LogP contribution is 2.23. The van der Waals surface area contributed by atoms with Gasteiger partial charge in [-0.15, -0.1) is 0 Å². The second-order valence-electron chi connectivity index (χ2n) is 13.4. The summed E-state index contributed by atoms with van der Waals surface area (Å²) in [6, 6.07) is 6.31. The number of rotatable bonds is 21. The van der Waals surface area contributed by atoms with Gasteiger partial charge in [-0.05, 0) is 49.7 Å². The average Bonchev–Trinajstić information content (AvgIpc) is 3.56. The van der Waals surface area contributed by atoms with Crippen molar-refractivity contribution in [2.75, 3.05) is 13.2 Å². The first-order valence-corrected chi connectivity index (χ1v) is 16.9. The van der Waals surface area contributed by atoms with Crippen molar-refractivity contribution in [3.63, 3.8) is 0 Å². The summed E-state index contributed by atoms with van der Waals surface area (Å²) in [6.07, 6.45) is 2.42. The zero-order valence-electron chi connectivity index (χ0n) is 29.4. The number of hydrogen-bond donors (Lipinski definition) is 7. The molecule has 48 heavy (non-hydrogen) atoms. The third-order valence-corrected chi connectivity index (χ3v) is 8.26. The molecule has 0 aliphatic heterocycles. The van der Waals surface area contributed by atoms with Crippen LogP contribution in [0.1, 0.15) is 73.4 Å². The number of para-hydroxylation sites is 1. The van der Waals surface area contributed by atoms with Crippen LogP contribution in [-0.4, -0.2) is 87.3 Å². The van der Waals surface area contributed by atoms with Gasteiger partial charge >= 0.3 is 0 Å². The van der Waals surface area contributed by atoms with Crippen LogP contribution in [0.5, 0.6) is 5.75 Å². The molecule has 268 valence electrons. The smallest absolute Gasteiger partial charge is 0.258 e. The van der Waals surface area contributed by atoms with E-state index < -0.39 is 48.1 Å². The quantitative estimate of drug-likeness (QED) is 0.105. The van der Waals surface area contributed by atoms with Crippen molar-refractivity contribution in [1.82, 2.24) is 31.2 Å². The number of ether oxygens (including phenoxy) is 1. The van der Waals surface area contributed by atoms with E-state index in [1.54, 1.807) is 37.4 Å². The maximum Gasteiger partial charge on any atom is 0.258 e. The predicted molar refractivity (Wildman–Crippen MR) is 183 cm³/mol. The number of aromatic nitrogens is 2. The zero-order chi connectivity index (χ0) is 35.8. The molecule has 13 heteroatoms. The van der Waals surface area contributed by atoms with Crippen molar-refractivity contribution in [3.05, 3.63) is 48.5 Å². The minimum atomic E-state index is -1.11. The summed E-state index contributed by atoms with van der Waals surface area (Å²) in [5, 5.41) is 32.4. The molecule has 0 bridgehead atoms. The van der Waals surface area contributed by atoms with Crippen LogP contribution in [-0.2, 0) is 25.6 Å². The van der Waals surface area contributed by atoms with Crippen molar-refractivity contribution in [1.29, 1.82) is 0 Å². The van der Waals surface area contributed by atoms with E-state index >= 15 is 0 Å². The number of nitrogens with zero attached hydrogens (tertiary/aromatic N) is 1. The first-order valence-electron chi connectivity index (χ1n) is 16.9. The Morgan fingerprint density at radius 3 is 2.15 bits per heavy atom. The molecule has 0 saturated heterocycles. The van der Waals surface area contributed by atoms with E-state index in [1.807, 2.05) is 47.6 Å². The number of amides is 4. The van der Waals surface area contributed by atoms with Gasteiger partial charge in [-0.25, -0.2) is 4.98 Å². The molecule has 0 radical (unpaired) electrons. The summed E-state index contributed by atoms with van der Waals surface area (Å²) in [7, 11) is 0. The largest absolute Gasteiger partial charge is 0.484 e. The number of carbonyl (C=O) groups is 4. The molecule has 7 atom stereocenters. The Bertz CT molecular complexity index is 1260. The summed E-state index contributed by atoms with van der Waals surface area (Å²) in [6.45, 7) is 12.8. The number of aromatic amines is 1. The van der Waals surface area contributed by atoms with Crippen LogP contribution >= 0.6 is 0 Å². The van der Waals surface area contributed by atoms with Crippen LogP contribution in [0.4, 0.5) is 0 Å². The van der Waals surface area contributed by atoms with Crippen LogP contribution in [0.3, 0.4) is 0 Å². The van der Waals surface area contributed by atoms with Crippen LogP contribution in [0.25, 0.3) is 0 Å². The molecule has 0 fully saturated rings. The standard InChI is InChI=1S/C35H56N6O7/c1-8-23(6)32(35(47)37-17-24(7)42)41-33(45)27(22(4)5)16-30(43)28(14-21(2)3)40-34(46)29(15-25-18-36-20-38-25)39-31(44)19-48-26-12-10-9-11-13-26/h9-13,18,20-24,27-30,32,42-43H,8,14-17,19H2,1-7H3,(H,36,38)(H,37,47)(H,39,44)(H,40,46)(H,41,45)/t23-,24?,27-,28-,29-,30-,32-/m0/s1. The number of hydrogen-bond acceptors (Lipinski definition) is 8. The molecule has 0 saturated carbocycles. The lowest BCUT2D eigenvalue weighted by Crippen LogP contribution is -2.55. The summed E-state index contributed by atoms with van der Waals surface area (Å²) in [5.41, 5.74) is 0.630. The van der Waals surface area contributed by atoms with E-state index in [-0.39, 0.29) is 55.6 Å². The van der Waals surface area contributed by atoms with E-state index in [0.717, 1.165) is 0 Å². The Labute approximate surface area is 284 Å². The molecule has 7 N–H and O–H groups in total. The van der Waals surface area contributed by atoms with Gasteiger partial charge in [-0.3, -0.25) is 19.2 Å². The van der Waals surface area contributed by atoms with Crippen LogP contribution < -0.4 is 26.0 Å². The highest BCUT2D eigenvalue weighted by molar-refractivity contribution is 5.89. The Morgan fingerprint density at radius 2 is 1.58 bits per heavy atom. The predicted octanol–water partition coefficient (Wildman–Crippen LogP) is 2.10. The van der Waals surface area contributed by atoms with Crippen molar-refractivity contribution in [3.8, 4) is 5.75 Å². The minimum Gasteiger partial charge on any atom is -0.484 e. The van der Waals surface area contributed by atoms with E-state index in [2.05, 4.69) is 31.2 Å². The van der Waals surface area contributed by atoms with Gasteiger partial charge in [0, 0.05) is 30.8 Å². The van der Waals surface area contributed by atoms with E-state index in [1.165, 1.54) is 6.33 Å². The van der Waals surface area contributed by atoms with Crippen molar-refractivity contribution >= 4 is 23.6 Å². The fourth-order valence-electron chi connectivity index (χ4n) is 5.26. The lowest BCUT2D eigenvalue weighted by atomic mass is 9.85. The van der Waals surface area contributed by atoms with Gasteiger partial charge in [-0.1, -0.05) is 66.2 Å². The summed E-state index contributed by atoms with van der Waals surface area (Å²) in [4.78, 5) is 60.1. The van der Waals surface area contributed by atoms with Crippen LogP contribution in [0.15, 0.2) is 42.9 Å². The molecule has 4 amide bonds. The van der Waals surface area contributed by atoms with Gasteiger partial charge in [0.15, 0.2) is 6.61 Å². The van der Waals surface area contributed by atoms with E-state index in [9.17, 15) is 29.4 Å². The highest BCUT2D eigenvalue weighted by atomic mass is 16.5. The number of imidazole rings is 1. The van der Waals surface area contributed by atoms with Gasteiger partial charge < -0.3 is 41.2 Å². The second-order valence-corrected chi connectivity index (χ2v) is 13.4. The van der Waals surface area contributed by atoms with Crippen molar-refractivity contribution in [2.45, 2.75) is 104 Å². The molecule has 0 aliphatic carbocycles. The normalized spacial score (nSPS) is 15.8. The monoisotopic (exact) mass is 672 g/mol. The number of aliphatic hydroxyl groups is 2. The lowest BCUT2D eigenvalue weighted by Gasteiger charge is -2.32. The number of benzene rings is 1. The molecule has 13 nitrogen and oxygen atoms in total. The molecule has 0 aliphatic rings. The molecule has 0 spiro atoms. The van der Waals surface area contributed by atoms with Gasteiger partial charge in [0.25, 0.3) is 5.91 Å². The highest BCUT2D eigenvalue weighted by Gasteiger charge is 2.35. The molecule has 1 aromatic heterocycles. The van der Waals surface area contributed by atoms with Crippen molar-refractivity contribution in [2.24, 2.45) is 23.7 Å². The molecule has 2 rings (SSSR count). The fourth-order valence-corrected chi connectivity index (χ4v) is 5.26. The molecule has 2 aromatic rings. The molecular weight excluding hydrogens is 616 g/mol. The summed E-state index contributed by atoms with van der Waals surface area (Å²) >= 11 is 0. The molecular formula is C35H56N6O7. The lowest BCUT2D eigenvalue weighted by molar-refractivity contribution is -0.134. The zero-order valence-corrected chi connectivity index (χ0v) is 29.4. The Hall–Kier alpha value is -3.97. The minimum absolute atomic E-state index is 0.0339. The van der Waals surface area contributed by atoms with E-state index in [0.29, 0.717) is 24.3 Å². The van der Waals surface area contributed by atoms with Gasteiger partial charge in [0.2, 0.25) is 17.7 Å². The Balaban J connectivity index is 2.19. The van der Waals surface area contributed by atoms with Gasteiger partial charge in [0.1, 0.15) is 17.8 Å². The Kier molecular flexibility index (Phi) is 17.1. The average molecular weight is 673 g/mol. The molecule has 1 aromatic carbocycles. The first kappa shape index (κ1) is 40.2. The topological polar surface area (TPSA) is 195 Å². The number of carbonyl (C=O) groups excluding carboxylic acids is 4.